The molecule has 0 saturated heterocycles. The maximum absolute atomic E-state index is 5.65. The summed E-state index contributed by atoms with van der Waals surface area (Å²) in [7, 11) is 0. The minimum Gasteiger partial charge on any atom is -0.491 e. The number of hydrogen-bond donors (Lipinski definition) is 0. The van der Waals surface area contributed by atoms with Gasteiger partial charge in [-0.3, -0.25) is 0 Å². The monoisotopic (exact) mass is 248 g/mol. The maximum Gasteiger partial charge on any atom is 0.119 e. The van der Waals surface area contributed by atoms with Crippen LogP contribution >= 0.6 is 0 Å². The molecular formula is C16H24O2. The fraction of sp³-hybridized carbons (Fsp3) is 0.625. The maximum atomic E-state index is 5.65. The Kier molecular flexibility index (Phi) is 5.06. The molecule has 1 aliphatic rings. The molecule has 1 fully saturated rings. The predicted octanol–water partition coefficient (Wildman–Crippen LogP) is 4.15. The molecule has 0 N–H and O–H groups in total. The van der Waals surface area contributed by atoms with Gasteiger partial charge in [-0.05, 0) is 50.3 Å². The highest BCUT2D eigenvalue weighted by atomic mass is 16.5. The summed E-state index contributed by atoms with van der Waals surface area (Å²) in [6, 6.07) is 8.61. The van der Waals surface area contributed by atoms with E-state index in [-0.39, 0.29) is 6.10 Å². The van der Waals surface area contributed by atoms with Crippen LogP contribution in [0.2, 0.25) is 0 Å². The van der Waals surface area contributed by atoms with Crippen LogP contribution < -0.4 is 4.74 Å². The Morgan fingerprint density at radius 1 is 1.06 bits per heavy atom. The Hall–Kier alpha value is -1.02. The molecule has 100 valence electrons. The summed E-state index contributed by atoms with van der Waals surface area (Å²) in [4.78, 5) is 0. The Balaban J connectivity index is 1.76. The van der Waals surface area contributed by atoms with E-state index in [9.17, 15) is 0 Å². The molecule has 0 amide bonds. The lowest BCUT2D eigenvalue weighted by Crippen LogP contribution is -2.11. The van der Waals surface area contributed by atoms with Crippen molar-refractivity contribution >= 4 is 0 Å². The Labute approximate surface area is 110 Å². The third-order valence-electron chi connectivity index (χ3n) is 3.51. The van der Waals surface area contributed by atoms with Gasteiger partial charge >= 0.3 is 0 Å². The van der Waals surface area contributed by atoms with Crippen LogP contribution in [0.4, 0.5) is 0 Å². The first-order valence-corrected chi connectivity index (χ1v) is 7.10. The van der Waals surface area contributed by atoms with Gasteiger partial charge in [0.2, 0.25) is 0 Å². The van der Waals surface area contributed by atoms with Gasteiger partial charge in [-0.15, -0.1) is 0 Å². The molecule has 0 aliphatic heterocycles. The molecule has 1 aromatic rings. The summed E-state index contributed by atoms with van der Waals surface area (Å²) >= 11 is 0. The van der Waals surface area contributed by atoms with E-state index < -0.39 is 0 Å². The van der Waals surface area contributed by atoms with Gasteiger partial charge in [-0.25, -0.2) is 0 Å². The van der Waals surface area contributed by atoms with Crippen LogP contribution in [0.3, 0.4) is 0 Å². The van der Waals surface area contributed by atoms with Crippen molar-refractivity contribution in [1.82, 2.24) is 0 Å². The summed E-state index contributed by atoms with van der Waals surface area (Å²) < 4.78 is 11.1. The molecule has 0 radical (unpaired) electrons. The zero-order valence-corrected chi connectivity index (χ0v) is 11.5. The molecule has 1 aliphatic carbocycles. The van der Waals surface area contributed by atoms with Crippen molar-refractivity contribution in [1.29, 1.82) is 0 Å². The average molecular weight is 248 g/mol. The molecule has 2 heteroatoms. The third kappa shape index (κ3) is 4.02. The van der Waals surface area contributed by atoms with Crippen LogP contribution in [-0.4, -0.2) is 19.3 Å². The summed E-state index contributed by atoms with van der Waals surface area (Å²) in [5.74, 6) is 1.73. The van der Waals surface area contributed by atoms with Gasteiger partial charge in [0.05, 0.1) is 12.7 Å². The number of benzene rings is 1. The second kappa shape index (κ2) is 6.79. The Morgan fingerprint density at radius 3 is 2.33 bits per heavy atom. The van der Waals surface area contributed by atoms with Crippen molar-refractivity contribution in [3.63, 3.8) is 0 Å². The molecule has 1 aromatic carbocycles. The lowest BCUT2D eigenvalue weighted by molar-refractivity contribution is 0.0552. The topological polar surface area (TPSA) is 18.5 Å². The Morgan fingerprint density at radius 2 is 1.72 bits per heavy atom. The van der Waals surface area contributed by atoms with E-state index in [0.717, 1.165) is 11.7 Å². The zero-order chi connectivity index (χ0) is 12.8. The van der Waals surface area contributed by atoms with E-state index in [1.54, 1.807) is 0 Å². The first-order chi connectivity index (χ1) is 8.75. The lowest BCUT2D eigenvalue weighted by atomic mass is 9.98. The van der Waals surface area contributed by atoms with E-state index in [1.807, 2.05) is 13.8 Å². The van der Waals surface area contributed by atoms with Crippen LogP contribution in [-0.2, 0) is 4.74 Å². The first-order valence-electron chi connectivity index (χ1n) is 7.10. The van der Waals surface area contributed by atoms with Crippen LogP contribution in [0.25, 0.3) is 0 Å². The van der Waals surface area contributed by atoms with Crippen molar-refractivity contribution in [2.24, 2.45) is 0 Å². The van der Waals surface area contributed by atoms with Crippen LogP contribution in [0.15, 0.2) is 24.3 Å². The van der Waals surface area contributed by atoms with E-state index in [4.69, 9.17) is 9.47 Å². The SMILES string of the molecule is CC(C)OCCOc1ccc(C2CCCC2)cc1. The van der Waals surface area contributed by atoms with E-state index >= 15 is 0 Å². The van der Waals surface area contributed by atoms with E-state index in [2.05, 4.69) is 24.3 Å². The summed E-state index contributed by atoms with van der Waals surface area (Å²) in [5.41, 5.74) is 1.47. The molecule has 0 heterocycles. The molecular weight excluding hydrogens is 224 g/mol. The zero-order valence-electron chi connectivity index (χ0n) is 11.5. The molecule has 0 bridgehead atoms. The molecule has 2 rings (SSSR count). The molecule has 0 aromatic heterocycles. The van der Waals surface area contributed by atoms with Crippen molar-refractivity contribution in [2.75, 3.05) is 13.2 Å². The number of hydrogen-bond acceptors (Lipinski definition) is 2. The normalized spacial score (nSPS) is 16.4. The van der Waals surface area contributed by atoms with Crippen molar-refractivity contribution in [2.45, 2.75) is 51.6 Å². The second-order valence-corrected chi connectivity index (χ2v) is 5.32. The van der Waals surface area contributed by atoms with Crippen molar-refractivity contribution in [3.8, 4) is 5.75 Å². The lowest BCUT2D eigenvalue weighted by Gasteiger charge is -2.12. The van der Waals surface area contributed by atoms with Crippen LogP contribution in [0.5, 0.6) is 5.75 Å². The van der Waals surface area contributed by atoms with Gasteiger partial charge < -0.3 is 9.47 Å². The van der Waals surface area contributed by atoms with Gasteiger partial charge in [0.15, 0.2) is 0 Å². The highest BCUT2D eigenvalue weighted by Crippen LogP contribution is 2.34. The smallest absolute Gasteiger partial charge is 0.119 e. The standard InChI is InChI=1S/C16H24O2/c1-13(2)17-11-12-18-16-9-7-15(8-10-16)14-5-3-4-6-14/h7-10,13-14H,3-6,11-12H2,1-2H3. The molecule has 0 atom stereocenters. The fourth-order valence-corrected chi connectivity index (χ4v) is 2.54. The first kappa shape index (κ1) is 13.4. The highest BCUT2D eigenvalue weighted by Gasteiger charge is 2.16. The minimum absolute atomic E-state index is 0.276. The minimum atomic E-state index is 0.276. The third-order valence-corrected chi connectivity index (χ3v) is 3.51. The Bertz CT molecular complexity index is 337. The van der Waals surface area contributed by atoms with Crippen LogP contribution in [0, 0.1) is 0 Å². The number of ether oxygens (including phenoxy) is 2. The molecule has 0 spiro atoms. The molecule has 1 saturated carbocycles. The largest absolute Gasteiger partial charge is 0.491 e. The highest BCUT2D eigenvalue weighted by molar-refractivity contribution is 5.29. The van der Waals surface area contributed by atoms with Gasteiger partial charge in [-0.1, -0.05) is 25.0 Å². The van der Waals surface area contributed by atoms with Gasteiger partial charge in [0, 0.05) is 0 Å². The molecule has 2 nitrogen and oxygen atoms in total. The summed E-state index contributed by atoms with van der Waals surface area (Å²) in [6.45, 7) is 5.36. The average Bonchev–Trinajstić information content (AvgIpc) is 2.89. The van der Waals surface area contributed by atoms with Crippen molar-refractivity contribution < 1.29 is 9.47 Å². The molecule has 18 heavy (non-hydrogen) atoms. The van der Waals surface area contributed by atoms with Gasteiger partial charge in [-0.2, -0.15) is 0 Å². The predicted molar refractivity (Wildman–Crippen MR) is 74.2 cm³/mol. The van der Waals surface area contributed by atoms with E-state index in [0.29, 0.717) is 13.2 Å². The van der Waals surface area contributed by atoms with Gasteiger partial charge in [0.25, 0.3) is 0 Å². The summed E-state index contributed by atoms with van der Waals surface area (Å²) in [6.07, 6.45) is 5.74. The second-order valence-electron chi connectivity index (χ2n) is 5.32. The van der Waals surface area contributed by atoms with E-state index in [1.165, 1.54) is 31.2 Å². The van der Waals surface area contributed by atoms with Crippen molar-refractivity contribution in [3.05, 3.63) is 29.8 Å². The van der Waals surface area contributed by atoms with Gasteiger partial charge in [0.1, 0.15) is 12.4 Å². The molecule has 0 unspecified atom stereocenters. The summed E-state index contributed by atoms with van der Waals surface area (Å²) in [5, 5.41) is 0. The fourth-order valence-electron chi connectivity index (χ4n) is 2.54. The quantitative estimate of drug-likeness (QED) is 0.704. The van der Waals surface area contributed by atoms with Crippen LogP contribution in [0.1, 0.15) is 51.0 Å². The number of rotatable bonds is 6.